The lowest BCUT2D eigenvalue weighted by atomic mass is 10.2. The number of ether oxygens (including phenoxy) is 3. The monoisotopic (exact) mass is 350 g/mol. The Morgan fingerprint density at radius 3 is 2.65 bits per heavy atom. The smallest absolute Gasteiger partial charge is 0.229 e. The molecule has 2 aromatic carbocycles. The first-order valence-corrected chi connectivity index (χ1v) is 8.21. The van der Waals surface area contributed by atoms with Crippen molar-refractivity contribution in [1.82, 2.24) is 9.97 Å². The molecule has 0 spiro atoms. The number of benzene rings is 2. The number of aromatic nitrogens is 2. The summed E-state index contributed by atoms with van der Waals surface area (Å²) in [7, 11) is 1.63. The molecule has 0 atom stereocenters. The van der Waals surface area contributed by atoms with Crippen LogP contribution in [0.4, 0.5) is 23.1 Å². The molecule has 1 aromatic heterocycles. The van der Waals surface area contributed by atoms with Crippen molar-refractivity contribution < 1.29 is 14.2 Å². The van der Waals surface area contributed by atoms with Crippen LogP contribution in [-0.4, -0.2) is 30.3 Å². The minimum atomic E-state index is 0.487. The van der Waals surface area contributed by atoms with E-state index in [0.29, 0.717) is 25.0 Å². The van der Waals surface area contributed by atoms with Gasteiger partial charge in [0.2, 0.25) is 5.95 Å². The highest BCUT2D eigenvalue weighted by Crippen LogP contribution is 2.33. The summed E-state index contributed by atoms with van der Waals surface area (Å²) in [5.74, 6) is 3.40. The summed E-state index contributed by atoms with van der Waals surface area (Å²) in [5.41, 5.74) is 1.71. The Hall–Kier alpha value is -3.48. The molecule has 0 saturated carbocycles. The average molecular weight is 350 g/mol. The zero-order valence-corrected chi connectivity index (χ0v) is 14.2. The summed E-state index contributed by atoms with van der Waals surface area (Å²) < 4.78 is 16.4. The quantitative estimate of drug-likeness (QED) is 0.726. The third-order valence-corrected chi connectivity index (χ3v) is 3.80. The normalized spacial score (nSPS) is 12.3. The molecule has 0 saturated heterocycles. The van der Waals surface area contributed by atoms with Crippen molar-refractivity contribution >= 4 is 23.1 Å². The van der Waals surface area contributed by atoms with Crippen LogP contribution >= 0.6 is 0 Å². The Bertz CT molecular complexity index is 917. The van der Waals surface area contributed by atoms with Gasteiger partial charge in [-0.05, 0) is 30.3 Å². The Kier molecular flexibility index (Phi) is 4.42. The summed E-state index contributed by atoms with van der Waals surface area (Å²) >= 11 is 0. The molecule has 0 fully saturated rings. The van der Waals surface area contributed by atoms with Crippen molar-refractivity contribution in [3.63, 3.8) is 0 Å². The molecule has 7 nitrogen and oxygen atoms in total. The molecule has 4 rings (SSSR count). The van der Waals surface area contributed by atoms with Gasteiger partial charge in [-0.25, -0.2) is 4.98 Å². The molecule has 132 valence electrons. The van der Waals surface area contributed by atoms with Crippen molar-refractivity contribution in [2.24, 2.45) is 0 Å². The van der Waals surface area contributed by atoms with Gasteiger partial charge in [0.1, 0.15) is 24.8 Å². The molecule has 0 unspecified atom stereocenters. The van der Waals surface area contributed by atoms with E-state index in [0.717, 1.165) is 28.6 Å². The van der Waals surface area contributed by atoms with Crippen molar-refractivity contribution in [2.75, 3.05) is 31.0 Å². The molecule has 26 heavy (non-hydrogen) atoms. The van der Waals surface area contributed by atoms with Gasteiger partial charge in [0.15, 0.2) is 11.5 Å². The number of nitrogens with one attached hydrogen (secondary N) is 2. The van der Waals surface area contributed by atoms with Gasteiger partial charge in [0.05, 0.1) is 7.11 Å². The molecule has 2 N–H and O–H groups in total. The lowest BCUT2D eigenvalue weighted by molar-refractivity contribution is 0.171. The third kappa shape index (κ3) is 3.61. The number of fused-ring (bicyclic) bond motifs is 1. The maximum Gasteiger partial charge on any atom is 0.229 e. The molecular formula is C19H18N4O3. The zero-order valence-electron chi connectivity index (χ0n) is 14.2. The van der Waals surface area contributed by atoms with Crippen molar-refractivity contribution in [3.05, 3.63) is 54.7 Å². The second-order valence-electron chi connectivity index (χ2n) is 5.61. The fourth-order valence-electron chi connectivity index (χ4n) is 2.59. The van der Waals surface area contributed by atoms with Gasteiger partial charge in [0, 0.05) is 29.7 Å². The van der Waals surface area contributed by atoms with Crippen LogP contribution < -0.4 is 24.8 Å². The van der Waals surface area contributed by atoms with E-state index in [1.165, 1.54) is 0 Å². The highest BCUT2D eigenvalue weighted by atomic mass is 16.6. The lowest BCUT2D eigenvalue weighted by Crippen LogP contribution is -2.15. The van der Waals surface area contributed by atoms with Gasteiger partial charge in [-0.3, -0.25) is 0 Å². The second kappa shape index (κ2) is 7.18. The van der Waals surface area contributed by atoms with E-state index >= 15 is 0 Å². The second-order valence-corrected chi connectivity index (χ2v) is 5.61. The van der Waals surface area contributed by atoms with E-state index in [2.05, 4.69) is 20.6 Å². The number of nitrogens with zero attached hydrogens (tertiary/aromatic N) is 2. The van der Waals surface area contributed by atoms with Crippen LogP contribution in [0.3, 0.4) is 0 Å². The number of hydrogen-bond acceptors (Lipinski definition) is 7. The van der Waals surface area contributed by atoms with Crippen molar-refractivity contribution in [2.45, 2.75) is 0 Å². The highest BCUT2D eigenvalue weighted by Gasteiger charge is 2.12. The highest BCUT2D eigenvalue weighted by molar-refractivity contribution is 5.63. The van der Waals surface area contributed by atoms with Gasteiger partial charge in [-0.2, -0.15) is 4.98 Å². The van der Waals surface area contributed by atoms with Gasteiger partial charge >= 0.3 is 0 Å². The predicted octanol–water partition coefficient (Wildman–Crippen LogP) is 3.74. The van der Waals surface area contributed by atoms with E-state index in [1.807, 2.05) is 42.5 Å². The summed E-state index contributed by atoms with van der Waals surface area (Å²) in [6, 6.07) is 15.1. The minimum Gasteiger partial charge on any atom is -0.497 e. The fourth-order valence-corrected chi connectivity index (χ4v) is 2.59. The van der Waals surface area contributed by atoms with Crippen LogP contribution in [0, 0.1) is 0 Å². The lowest BCUT2D eigenvalue weighted by Gasteiger charge is -2.19. The van der Waals surface area contributed by atoms with Crippen LogP contribution in [0.15, 0.2) is 54.7 Å². The zero-order chi connectivity index (χ0) is 17.8. The van der Waals surface area contributed by atoms with E-state index < -0.39 is 0 Å². The third-order valence-electron chi connectivity index (χ3n) is 3.80. The van der Waals surface area contributed by atoms with E-state index in [4.69, 9.17) is 14.2 Å². The Balaban J connectivity index is 1.50. The van der Waals surface area contributed by atoms with Crippen LogP contribution in [0.2, 0.25) is 0 Å². The van der Waals surface area contributed by atoms with E-state index in [1.54, 1.807) is 19.4 Å². The molecule has 7 heteroatoms. The van der Waals surface area contributed by atoms with Crippen molar-refractivity contribution in [1.29, 1.82) is 0 Å². The van der Waals surface area contributed by atoms with Crippen LogP contribution in [-0.2, 0) is 0 Å². The molecule has 1 aliphatic rings. The van der Waals surface area contributed by atoms with E-state index in [9.17, 15) is 0 Å². The Labute approximate surface area is 151 Å². The first-order valence-electron chi connectivity index (χ1n) is 8.21. The predicted molar refractivity (Wildman–Crippen MR) is 99.0 cm³/mol. The SMILES string of the molecule is COc1cccc(Nc2nccc(Nc3ccc4c(c3)OCCO4)n2)c1. The number of methoxy groups -OCH3 is 1. The van der Waals surface area contributed by atoms with E-state index in [-0.39, 0.29) is 0 Å². The molecule has 0 amide bonds. The molecule has 0 bridgehead atoms. The maximum absolute atomic E-state index is 5.60. The first-order chi connectivity index (χ1) is 12.8. The van der Waals surface area contributed by atoms with Crippen LogP contribution in [0.5, 0.6) is 17.2 Å². The summed E-state index contributed by atoms with van der Waals surface area (Å²) in [4.78, 5) is 8.74. The van der Waals surface area contributed by atoms with Gasteiger partial charge in [-0.15, -0.1) is 0 Å². The fraction of sp³-hybridized carbons (Fsp3) is 0.158. The molecule has 1 aliphatic heterocycles. The number of hydrogen-bond donors (Lipinski definition) is 2. The molecule has 3 aromatic rings. The first kappa shape index (κ1) is 16.0. The Morgan fingerprint density at radius 2 is 1.77 bits per heavy atom. The largest absolute Gasteiger partial charge is 0.497 e. The van der Waals surface area contributed by atoms with Crippen molar-refractivity contribution in [3.8, 4) is 17.2 Å². The summed E-state index contributed by atoms with van der Waals surface area (Å²) in [5, 5.41) is 6.42. The average Bonchev–Trinajstić information content (AvgIpc) is 2.68. The number of anilines is 4. The van der Waals surface area contributed by atoms with Crippen LogP contribution in [0.1, 0.15) is 0 Å². The minimum absolute atomic E-state index is 0.487. The van der Waals surface area contributed by atoms with Gasteiger partial charge in [0.25, 0.3) is 0 Å². The molecular weight excluding hydrogens is 332 g/mol. The standard InChI is InChI=1S/C19H18N4O3/c1-24-15-4-2-3-13(11-15)22-19-20-8-7-18(23-19)21-14-5-6-16-17(12-14)26-10-9-25-16/h2-8,11-12H,9-10H2,1H3,(H2,20,21,22,23). The molecule has 2 heterocycles. The Morgan fingerprint density at radius 1 is 0.923 bits per heavy atom. The number of rotatable bonds is 5. The summed E-state index contributed by atoms with van der Waals surface area (Å²) in [6.45, 7) is 1.13. The topological polar surface area (TPSA) is 77.5 Å². The maximum atomic E-state index is 5.60. The molecule has 0 radical (unpaired) electrons. The summed E-state index contributed by atoms with van der Waals surface area (Å²) in [6.07, 6.45) is 1.69. The van der Waals surface area contributed by atoms with Gasteiger partial charge in [-0.1, -0.05) is 6.07 Å². The molecule has 0 aliphatic carbocycles. The van der Waals surface area contributed by atoms with Crippen LogP contribution in [0.25, 0.3) is 0 Å². The van der Waals surface area contributed by atoms with Gasteiger partial charge < -0.3 is 24.8 Å².